The van der Waals surface area contributed by atoms with Crippen LogP contribution < -0.4 is 4.90 Å². The van der Waals surface area contributed by atoms with Gasteiger partial charge in [0.15, 0.2) is 0 Å². The Morgan fingerprint density at radius 2 is 0.967 bits per heavy atom. The van der Waals surface area contributed by atoms with E-state index in [1.165, 1.54) is 16.3 Å². The molecule has 0 bridgehead atoms. The lowest BCUT2D eigenvalue weighted by molar-refractivity contribution is 1.29. The number of hydrogen-bond acceptors (Lipinski definition) is 1. The molecule has 30 heavy (non-hydrogen) atoms. The molecule has 0 spiro atoms. The molecule has 0 radical (unpaired) electrons. The number of para-hydroxylation sites is 1. The average Bonchev–Trinajstić information content (AvgIpc) is 2.81. The first kappa shape index (κ1) is 18.5. The highest BCUT2D eigenvalue weighted by molar-refractivity contribution is 6.30. The molecule has 0 fully saturated rings. The minimum absolute atomic E-state index is 0.752. The van der Waals surface area contributed by atoms with E-state index in [-0.39, 0.29) is 0 Å². The van der Waals surface area contributed by atoms with E-state index in [1.54, 1.807) is 0 Å². The number of anilines is 3. The van der Waals surface area contributed by atoms with Gasteiger partial charge < -0.3 is 4.90 Å². The molecule has 144 valence electrons. The highest BCUT2D eigenvalue weighted by atomic mass is 35.5. The Morgan fingerprint density at radius 1 is 0.433 bits per heavy atom. The summed E-state index contributed by atoms with van der Waals surface area (Å²) >= 11 is 6.04. The summed E-state index contributed by atoms with van der Waals surface area (Å²) in [5.74, 6) is 0. The third kappa shape index (κ3) is 3.68. The lowest BCUT2D eigenvalue weighted by Crippen LogP contribution is -2.09. The minimum Gasteiger partial charge on any atom is -0.310 e. The number of fused-ring (bicyclic) bond motifs is 1. The number of benzene rings is 5. The second-order valence-electron chi connectivity index (χ2n) is 7.26. The van der Waals surface area contributed by atoms with Crippen molar-refractivity contribution in [1.82, 2.24) is 0 Å². The van der Waals surface area contributed by atoms with Crippen molar-refractivity contribution in [3.05, 3.63) is 126 Å². The zero-order valence-electron chi connectivity index (χ0n) is 16.4. The molecule has 0 saturated heterocycles. The molecule has 0 aliphatic heterocycles. The van der Waals surface area contributed by atoms with Gasteiger partial charge in [-0.1, -0.05) is 84.4 Å². The van der Waals surface area contributed by atoms with Gasteiger partial charge in [0.25, 0.3) is 0 Å². The molecule has 0 N–H and O–H groups in total. The Labute approximate surface area is 181 Å². The van der Waals surface area contributed by atoms with Crippen LogP contribution in [0.4, 0.5) is 17.1 Å². The molecule has 0 unspecified atom stereocenters. The van der Waals surface area contributed by atoms with Gasteiger partial charge in [-0.05, 0) is 70.4 Å². The maximum Gasteiger partial charge on any atom is 0.0468 e. The Morgan fingerprint density at radius 3 is 1.67 bits per heavy atom. The summed E-state index contributed by atoms with van der Waals surface area (Å²) in [5.41, 5.74) is 5.71. The van der Waals surface area contributed by atoms with Crippen molar-refractivity contribution >= 4 is 39.4 Å². The topological polar surface area (TPSA) is 3.24 Å². The fraction of sp³-hybridized carbons (Fsp3) is 0. The predicted molar refractivity (Wildman–Crippen MR) is 129 cm³/mol. The van der Waals surface area contributed by atoms with Crippen molar-refractivity contribution in [2.75, 3.05) is 4.90 Å². The van der Waals surface area contributed by atoms with E-state index >= 15 is 0 Å². The molecular weight excluding hydrogens is 386 g/mol. The number of nitrogens with zero attached hydrogens (tertiary/aromatic N) is 1. The van der Waals surface area contributed by atoms with E-state index in [2.05, 4.69) is 108 Å². The quantitative estimate of drug-likeness (QED) is 0.289. The normalized spacial score (nSPS) is 10.8. The Bertz CT molecular complexity index is 1280. The van der Waals surface area contributed by atoms with Crippen molar-refractivity contribution in [1.29, 1.82) is 0 Å². The molecule has 0 heterocycles. The molecule has 2 heteroatoms. The van der Waals surface area contributed by atoms with Gasteiger partial charge in [-0.3, -0.25) is 0 Å². The fourth-order valence-electron chi connectivity index (χ4n) is 3.79. The second kappa shape index (κ2) is 8.06. The van der Waals surface area contributed by atoms with Crippen LogP contribution in [0.25, 0.3) is 21.9 Å². The number of halogens is 1. The molecule has 0 aromatic heterocycles. The van der Waals surface area contributed by atoms with E-state index in [1.807, 2.05) is 18.2 Å². The third-order valence-corrected chi connectivity index (χ3v) is 5.56. The van der Waals surface area contributed by atoms with Crippen LogP contribution in [0.5, 0.6) is 0 Å². The van der Waals surface area contributed by atoms with Crippen LogP contribution in [0.3, 0.4) is 0 Å². The van der Waals surface area contributed by atoms with Crippen LogP contribution >= 0.6 is 11.6 Å². The van der Waals surface area contributed by atoms with Crippen LogP contribution in [-0.4, -0.2) is 0 Å². The highest BCUT2D eigenvalue weighted by Crippen LogP contribution is 2.36. The molecule has 1 nitrogen and oxygen atoms in total. The molecule has 5 rings (SSSR count). The first-order valence-electron chi connectivity index (χ1n) is 9.98. The fourth-order valence-corrected chi connectivity index (χ4v) is 3.91. The molecule has 0 amide bonds. The molecule has 0 aliphatic rings. The Balaban J connectivity index is 1.59. The maximum atomic E-state index is 6.04. The molecule has 0 aliphatic carbocycles. The van der Waals surface area contributed by atoms with Gasteiger partial charge in [0.1, 0.15) is 0 Å². The average molecular weight is 406 g/mol. The summed E-state index contributed by atoms with van der Waals surface area (Å²) < 4.78 is 0. The van der Waals surface area contributed by atoms with Gasteiger partial charge in [0.05, 0.1) is 0 Å². The third-order valence-electron chi connectivity index (χ3n) is 5.31. The second-order valence-corrected chi connectivity index (χ2v) is 7.69. The zero-order chi connectivity index (χ0) is 20.3. The number of rotatable bonds is 4. The maximum absolute atomic E-state index is 6.04. The van der Waals surface area contributed by atoms with Crippen LogP contribution in [0.2, 0.25) is 5.02 Å². The Kier molecular flexibility index (Phi) is 4.96. The van der Waals surface area contributed by atoms with Gasteiger partial charge in [-0.25, -0.2) is 0 Å². The minimum atomic E-state index is 0.752. The van der Waals surface area contributed by atoms with E-state index in [0.29, 0.717) is 0 Å². The largest absolute Gasteiger partial charge is 0.310 e. The van der Waals surface area contributed by atoms with E-state index in [4.69, 9.17) is 11.6 Å². The predicted octanol–water partition coefficient (Wildman–Crippen LogP) is 8.63. The van der Waals surface area contributed by atoms with E-state index in [0.717, 1.165) is 27.6 Å². The van der Waals surface area contributed by atoms with Gasteiger partial charge in [-0.2, -0.15) is 0 Å². The van der Waals surface area contributed by atoms with Crippen molar-refractivity contribution in [2.24, 2.45) is 0 Å². The van der Waals surface area contributed by atoms with Crippen LogP contribution in [-0.2, 0) is 0 Å². The lowest BCUT2D eigenvalue weighted by atomic mass is 10.0. The first-order valence-corrected chi connectivity index (χ1v) is 10.4. The summed E-state index contributed by atoms with van der Waals surface area (Å²) in [6.45, 7) is 0. The number of hydrogen-bond donors (Lipinski definition) is 0. The van der Waals surface area contributed by atoms with Crippen LogP contribution in [0, 0.1) is 0 Å². The van der Waals surface area contributed by atoms with Gasteiger partial charge in [0.2, 0.25) is 0 Å². The van der Waals surface area contributed by atoms with E-state index in [9.17, 15) is 0 Å². The van der Waals surface area contributed by atoms with Crippen molar-refractivity contribution in [3.8, 4) is 11.1 Å². The SMILES string of the molecule is Clc1ccc(-c2ccc(N(c3ccccc3)c3ccc4ccccc4c3)cc2)cc1. The monoisotopic (exact) mass is 405 g/mol. The summed E-state index contributed by atoms with van der Waals surface area (Å²) in [4.78, 5) is 2.29. The zero-order valence-corrected chi connectivity index (χ0v) is 17.1. The summed E-state index contributed by atoms with van der Waals surface area (Å²) in [6.07, 6.45) is 0. The smallest absolute Gasteiger partial charge is 0.0468 e. The van der Waals surface area contributed by atoms with Crippen molar-refractivity contribution < 1.29 is 0 Å². The van der Waals surface area contributed by atoms with Crippen molar-refractivity contribution in [2.45, 2.75) is 0 Å². The summed E-state index contributed by atoms with van der Waals surface area (Å²) in [7, 11) is 0. The standard InChI is InChI=1S/C28H20ClN/c29-25-15-10-22(11-16-25)23-12-17-27(18-13-23)30(26-8-2-1-3-9-26)28-19-14-21-6-4-5-7-24(21)20-28/h1-20H. The Hall–Kier alpha value is -3.55. The first-order chi connectivity index (χ1) is 14.8. The van der Waals surface area contributed by atoms with Gasteiger partial charge in [0, 0.05) is 22.1 Å². The van der Waals surface area contributed by atoms with E-state index < -0.39 is 0 Å². The summed E-state index contributed by atoms with van der Waals surface area (Å²) in [5, 5.41) is 3.22. The molecule has 0 saturated carbocycles. The molecule has 0 atom stereocenters. The van der Waals surface area contributed by atoms with Gasteiger partial charge in [-0.15, -0.1) is 0 Å². The van der Waals surface area contributed by atoms with Crippen LogP contribution in [0.1, 0.15) is 0 Å². The molecular formula is C28H20ClN. The summed E-state index contributed by atoms with van der Waals surface area (Å²) in [6, 6.07) is 42.2. The van der Waals surface area contributed by atoms with Crippen LogP contribution in [0.15, 0.2) is 121 Å². The van der Waals surface area contributed by atoms with Gasteiger partial charge >= 0.3 is 0 Å². The lowest BCUT2D eigenvalue weighted by Gasteiger charge is -2.26. The van der Waals surface area contributed by atoms with Crippen molar-refractivity contribution in [3.63, 3.8) is 0 Å². The molecule has 5 aromatic carbocycles. The highest BCUT2D eigenvalue weighted by Gasteiger charge is 2.13. The molecule has 5 aromatic rings.